The summed E-state index contributed by atoms with van der Waals surface area (Å²) in [5.74, 6) is -0.674. The van der Waals surface area contributed by atoms with Gasteiger partial charge in [-0.1, -0.05) is 20.8 Å². The summed E-state index contributed by atoms with van der Waals surface area (Å²) >= 11 is 0. The molecular weight excluding hydrogens is 270 g/mol. The van der Waals surface area contributed by atoms with Gasteiger partial charge in [-0.2, -0.15) is 0 Å². The summed E-state index contributed by atoms with van der Waals surface area (Å²) in [6, 6.07) is 4.35. The fraction of sp³-hybridized carbons (Fsp3) is 0.400. The number of fused-ring (bicyclic) bond motifs is 1. The van der Waals surface area contributed by atoms with Gasteiger partial charge in [0.05, 0.1) is 11.1 Å². The lowest BCUT2D eigenvalue weighted by atomic mass is 9.97. The van der Waals surface area contributed by atoms with Crippen molar-refractivity contribution in [3.05, 3.63) is 29.3 Å². The van der Waals surface area contributed by atoms with E-state index < -0.39 is 0 Å². The molecule has 6 nitrogen and oxygen atoms in total. The number of imide groups is 1. The van der Waals surface area contributed by atoms with Gasteiger partial charge in [0.1, 0.15) is 0 Å². The van der Waals surface area contributed by atoms with E-state index in [1.54, 1.807) is 12.1 Å². The van der Waals surface area contributed by atoms with Crippen LogP contribution in [0.15, 0.2) is 18.2 Å². The molecule has 21 heavy (non-hydrogen) atoms. The minimum absolute atomic E-state index is 0.0135. The molecule has 1 aliphatic rings. The molecule has 0 saturated carbocycles. The normalized spacial score (nSPS) is 14.2. The highest BCUT2D eigenvalue weighted by atomic mass is 16.2. The van der Waals surface area contributed by atoms with Crippen LogP contribution in [0.25, 0.3) is 0 Å². The van der Waals surface area contributed by atoms with Gasteiger partial charge in [-0.25, -0.2) is 4.79 Å². The largest absolute Gasteiger partial charge is 0.337 e. The highest BCUT2D eigenvalue weighted by molar-refractivity contribution is 6.21. The number of carbonyl (C=O) groups is 3. The molecule has 0 atom stereocenters. The number of nitrogens with one attached hydrogen (secondary N) is 2. The predicted octanol–water partition coefficient (Wildman–Crippen LogP) is 2.08. The second kappa shape index (κ2) is 5.20. The van der Waals surface area contributed by atoms with E-state index in [4.69, 9.17) is 0 Å². The fourth-order valence-corrected chi connectivity index (χ4v) is 1.96. The predicted molar refractivity (Wildman–Crippen MR) is 79.3 cm³/mol. The molecule has 112 valence electrons. The van der Waals surface area contributed by atoms with E-state index in [1.165, 1.54) is 13.1 Å². The fourth-order valence-electron chi connectivity index (χ4n) is 1.96. The Balaban J connectivity index is 2.09. The molecule has 0 radical (unpaired) electrons. The molecular formula is C15H19N3O3. The van der Waals surface area contributed by atoms with Gasteiger partial charge in [-0.05, 0) is 23.6 Å². The van der Waals surface area contributed by atoms with Crippen LogP contribution in [-0.4, -0.2) is 36.3 Å². The van der Waals surface area contributed by atoms with Crippen molar-refractivity contribution in [1.29, 1.82) is 0 Å². The zero-order valence-electron chi connectivity index (χ0n) is 12.6. The smallest absolute Gasteiger partial charge is 0.319 e. The van der Waals surface area contributed by atoms with Gasteiger partial charge in [0, 0.05) is 19.3 Å². The first-order chi connectivity index (χ1) is 9.69. The standard InChI is InChI=1S/C15H19N3O3/c1-15(2,3)8-16-14(21)17-9-5-6-10-11(7-9)13(20)18(4)12(10)19/h5-7H,8H2,1-4H3,(H2,16,17,21). The molecule has 0 aliphatic carbocycles. The molecule has 0 spiro atoms. The van der Waals surface area contributed by atoms with E-state index in [0.717, 1.165) is 4.90 Å². The number of rotatable bonds is 2. The van der Waals surface area contributed by atoms with Gasteiger partial charge < -0.3 is 10.6 Å². The van der Waals surface area contributed by atoms with Gasteiger partial charge in [-0.15, -0.1) is 0 Å². The topological polar surface area (TPSA) is 78.5 Å². The van der Waals surface area contributed by atoms with Crippen LogP contribution in [0.4, 0.5) is 10.5 Å². The summed E-state index contributed by atoms with van der Waals surface area (Å²) in [7, 11) is 1.44. The Kier molecular flexibility index (Phi) is 3.72. The molecule has 0 bridgehead atoms. The zero-order chi connectivity index (χ0) is 15.8. The second-order valence-electron chi connectivity index (χ2n) is 6.30. The highest BCUT2D eigenvalue weighted by Gasteiger charge is 2.32. The Morgan fingerprint density at radius 2 is 1.76 bits per heavy atom. The maximum absolute atomic E-state index is 11.9. The van der Waals surface area contributed by atoms with Gasteiger partial charge in [0.2, 0.25) is 0 Å². The Morgan fingerprint density at radius 1 is 1.14 bits per heavy atom. The molecule has 0 fully saturated rings. The lowest BCUT2D eigenvalue weighted by molar-refractivity contribution is 0.0693. The quantitative estimate of drug-likeness (QED) is 0.818. The van der Waals surface area contributed by atoms with Crippen LogP contribution < -0.4 is 10.6 Å². The van der Waals surface area contributed by atoms with Crippen molar-refractivity contribution in [2.24, 2.45) is 5.41 Å². The van der Waals surface area contributed by atoms with Crippen LogP contribution in [0.5, 0.6) is 0 Å². The second-order valence-corrected chi connectivity index (χ2v) is 6.30. The number of hydrogen-bond donors (Lipinski definition) is 2. The monoisotopic (exact) mass is 289 g/mol. The molecule has 1 aromatic carbocycles. The summed E-state index contributed by atoms with van der Waals surface area (Å²) in [5.41, 5.74) is 1.15. The number of urea groups is 1. The van der Waals surface area contributed by atoms with E-state index in [1.807, 2.05) is 20.8 Å². The average molecular weight is 289 g/mol. The molecule has 1 heterocycles. The summed E-state index contributed by atoms with van der Waals surface area (Å²) < 4.78 is 0. The molecule has 0 unspecified atom stereocenters. The Morgan fingerprint density at radius 3 is 2.38 bits per heavy atom. The van der Waals surface area contributed by atoms with Crippen molar-refractivity contribution in [3.63, 3.8) is 0 Å². The van der Waals surface area contributed by atoms with Crippen molar-refractivity contribution < 1.29 is 14.4 Å². The summed E-state index contributed by atoms with van der Waals surface area (Å²) in [5, 5.41) is 5.42. The van der Waals surface area contributed by atoms with E-state index in [0.29, 0.717) is 23.4 Å². The molecule has 0 aromatic heterocycles. The first-order valence-electron chi connectivity index (χ1n) is 6.70. The Bertz CT molecular complexity index is 617. The number of nitrogens with zero attached hydrogens (tertiary/aromatic N) is 1. The minimum atomic E-state index is -0.353. The van der Waals surface area contributed by atoms with Crippen molar-refractivity contribution in [3.8, 4) is 0 Å². The van der Waals surface area contributed by atoms with Crippen molar-refractivity contribution in [2.75, 3.05) is 18.9 Å². The lowest BCUT2D eigenvalue weighted by Gasteiger charge is -2.19. The first kappa shape index (κ1) is 15.0. The molecule has 1 aromatic rings. The SMILES string of the molecule is CN1C(=O)c2ccc(NC(=O)NCC(C)(C)C)cc2C1=O. The molecule has 2 N–H and O–H groups in total. The Hall–Kier alpha value is -2.37. The van der Waals surface area contributed by atoms with Crippen molar-refractivity contribution in [2.45, 2.75) is 20.8 Å². The zero-order valence-corrected chi connectivity index (χ0v) is 12.6. The average Bonchev–Trinajstić information content (AvgIpc) is 2.61. The van der Waals surface area contributed by atoms with Gasteiger partial charge in [0.15, 0.2) is 0 Å². The molecule has 1 aliphatic heterocycles. The van der Waals surface area contributed by atoms with Gasteiger partial charge in [0.25, 0.3) is 11.8 Å². The first-order valence-corrected chi connectivity index (χ1v) is 6.70. The van der Waals surface area contributed by atoms with E-state index in [-0.39, 0.29) is 23.3 Å². The van der Waals surface area contributed by atoms with Gasteiger partial charge >= 0.3 is 6.03 Å². The lowest BCUT2D eigenvalue weighted by Crippen LogP contribution is -2.35. The number of hydrogen-bond acceptors (Lipinski definition) is 3. The number of benzene rings is 1. The third-order valence-electron chi connectivity index (χ3n) is 3.13. The van der Waals surface area contributed by atoms with E-state index in [2.05, 4.69) is 10.6 Å². The molecule has 0 saturated heterocycles. The Labute approximate surface area is 123 Å². The van der Waals surface area contributed by atoms with E-state index >= 15 is 0 Å². The number of anilines is 1. The molecule has 6 heteroatoms. The van der Waals surface area contributed by atoms with Crippen LogP contribution in [0.3, 0.4) is 0 Å². The summed E-state index contributed by atoms with van der Waals surface area (Å²) in [6.45, 7) is 6.58. The maximum atomic E-state index is 11.9. The summed E-state index contributed by atoms with van der Waals surface area (Å²) in [6.07, 6.45) is 0. The molecule has 4 amide bonds. The summed E-state index contributed by atoms with van der Waals surface area (Å²) in [4.78, 5) is 36.5. The van der Waals surface area contributed by atoms with E-state index in [9.17, 15) is 14.4 Å². The van der Waals surface area contributed by atoms with Crippen molar-refractivity contribution >= 4 is 23.5 Å². The number of carbonyl (C=O) groups excluding carboxylic acids is 3. The minimum Gasteiger partial charge on any atom is -0.337 e. The van der Waals surface area contributed by atoms with Gasteiger partial charge in [-0.3, -0.25) is 14.5 Å². The van der Waals surface area contributed by atoms with Crippen LogP contribution in [-0.2, 0) is 0 Å². The van der Waals surface area contributed by atoms with Crippen LogP contribution >= 0.6 is 0 Å². The van der Waals surface area contributed by atoms with Crippen molar-refractivity contribution in [1.82, 2.24) is 10.2 Å². The van der Waals surface area contributed by atoms with Crippen LogP contribution in [0, 0.1) is 5.41 Å². The van der Waals surface area contributed by atoms with Crippen LogP contribution in [0.1, 0.15) is 41.5 Å². The third kappa shape index (κ3) is 3.21. The third-order valence-corrected chi connectivity index (χ3v) is 3.13. The maximum Gasteiger partial charge on any atom is 0.319 e. The van der Waals surface area contributed by atoms with Crippen LogP contribution in [0.2, 0.25) is 0 Å². The molecule has 2 rings (SSSR count). The number of amides is 4. The highest BCUT2D eigenvalue weighted by Crippen LogP contribution is 2.24.